The minimum atomic E-state index is -0.209. The Bertz CT molecular complexity index is 464. The second-order valence-corrected chi connectivity index (χ2v) is 4.62. The number of rotatable bonds is 7. The maximum absolute atomic E-state index is 12.0. The molecule has 0 aliphatic heterocycles. The van der Waals surface area contributed by atoms with Crippen LogP contribution in [0.5, 0.6) is 0 Å². The summed E-state index contributed by atoms with van der Waals surface area (Å²) in [6.45, 7) is 6.67. The standard InChI is InChI=1S/C14H23N3O2/c1-4-7-10-17-13(18)9-8-12(16-17)14(19)15-11(5-2)6-3/h8-9,11H,4-7,10H2,1-3H3,(H,15,19). The van der Waals surface area contributed by atoms with E-state index in [1.54, 1.807) is 0 Å². The van der Waals surface area contributed by atoms with Crippen LogP contribution >= 0.6 is 0 Å². The Morgan fingerprint density at radius 2 is 2.00 bits per heavy atom. The molecule has 0 aliphatic rings. The molecular formula is C14H23N3O2. The maximum atomic E-state index is 12.0. The van der Waals surface area contributed by atoms with E-state index in [1.807, 2.05) is 13.8 Å². The number of carbonyl (C=O) groups excluding carboxylic acids is 1. The normalized spacial score (nSPS) is 10.7. The van der Waals surface area contributed by atoms with Crippen molar-refractivity contribution in [2.45, 2.75) is 59.0 Å². The molecule has 0 fully saturated rings. The highest BCUT2D eigenvalue weighted by Crippen LogP contribution is 1.99. The molecule has 5 nitrogen and oxygen atoms in total. The lowest BCUT2D eigenvalue weighted by Crippen LogP contribution is -2.36. The third-order valence-electron chi connectivity index (χ3n) is 3.14. The molecule has 0 saturated heterocycles. The van der Waals surface area contributed by atoms with Crippen LogP contribution in [0.3, 0.4) is 0 Å². The van der Waals surface area contributed by atoms with Gasteiger partial charge in [-0.25, -0.2) is 4.68 Å². The van der Waals surface area contributed by atoms with E-state index in [2.05, 4.69) is 17.3 Å². The van der Waals surface area contributed by atoms with E-state index < -0.39 is 0 Å². The number of nitrogens with zero attached hydrogens (tertiary/aromatic N) is 2. The molecule has 0 radical (unpaired) electrons. The van der Waals surface area contributed by atoms with Crippen LogP contribution in [-0.2, 0) is 6.54 Å². The number of aryl methyl sites for hydroxylation is 1. The number of aromatic nitrogens is 2. The summed E-state index contributed by atoms with van der Waals surface area (Å²) in [7, 11) is 0. The lowest BCUT2D eigenvalue weighted by molar-refractivity contribution is 0.0927. The van der Waals surface area contributed by atoms with Crippen LogP contribution in [0.15, 0.2) is 16.9 Å². The molecule has 1 amide bonds. The van der Waals surface area contributed by atoms with Crippen LogP contribution in [-0.4, -0.2) is 21.7 Å². The Labute approximate surface area is 114 Å². The summed E-state index contributed by atoms with van der Waals surface area (Å²) < 4.78 is 1.37. The minimum Gasteiger partial charge on any atom is -0.348 e. The molecule has 1 aromatic heterocycles. The van der Waals surface area contributed by atoms with Crippen molar-refractivity contribution in [2.75, 3.05) is 0 Å². The first-order valence-corrected chi connectivity index (χ1v) is 7.01. The maximum Gasteiger partial charge on any atom is 0.271 e. The summed E-state index contributed by atoms with van der Waals surface area (Å²) in [5.74, 6) is -0.209. The summed E-state index contributed by atoms with van der Waals surface area (Å²) in [6, 6.07) is 3.05. The highest BCUT2D eigenvalue weighted by atomic mass is 16.2. The largest absolute Gasteiger partial charge is 0.348 e. The smallest absolute Gasteiger partial charge is 0.271 e. The second kappa shape index (κ2) is 7.71. The zero-order valence-corrected chi connectivity index (χ0v) is 12.0. The lowest BCUT2D eigenvalue weighted by atomic mass is 10.1. The molecule has 106 valence electrons. The zero-order valence-electron chi connectivity index (χ0n) is 12.0. The monoisotopic (exact) mass is 265 g/mol. The van der Waals surface area contributed by atoms with Gasteiger partial charge in [-0.05, 0) is 25.3 Å². The number of unbranched alkanes of at least 4 members (excludes halogenated alkanes) is 1. The summed E-state index contributed by atoms with van der Waals surface area (Å²) in [5.41, 5.74) is 0.148. The Balaban J connectivity index is 2.83. The predicted octanol–water partition coefficient (Wildman–Crippen LogP) is 1.96. The average molecular weight is 265 g/mol. The zero-order chi connectivity index (χ0) is 14.3. The van der Waals surface area contributed by atoms with E-state index in [0.717, 1.165) is 25.7 Å². The Morgan fingerprint density at radius 3 is 2.58 bits per heavy atom. The first kappa shape index (κ1) is 15.4. The van der Waals surface area contributed by atoms with Crippen molar-refractivity contribution in [3.05, 3.63) is 28.2 Å². The topological polar surface area (TPSA) is 64.0 Å². The molecule has 1 heterocycles. The minimum absolute atomic E-state index is 0.158. The predicted molar refractivity (Wildman–Crippen MR) is 75.2 cm³/mol. The van der Waals surface area contributed by atoms with Gasteiger partial charge < -0.3 is 5.32 Å². The number of amides is 1. The number of carbonyl (C=O) groups is 1. The van der Waals surface area contributed by atoms with Gasteiger partial charge in [-0.1, -0.05) is 27.2 Å². The molecule has 0 unspecified atom stereocenters. The van der Waals surface area contributed by atoms with E-state index in [4.69, 9.17) is 0 Å². The van der Waals surface area contributed by atoms with Gasteiger partial charge >= 0.3 is 0 Å². The quantitative estimate of drug-likeness (QED) is 0.819. The fourth-order valence-electron chi connectivity index (χ4n) is 1.79. The molecule has 0 saturated carbocycles. The Morgan fingerprint density at radius 1 is 1.32 bits per heavy atom. The van der Waals surface area contributed by atoms with Gasteiger partial charge in [-0.3, -0.25) is 9.59 Å². The van der Waals surface area contributed by atoms with Gasteiger partial charge in [0.25, 0.3) is 11.5 Å². The fourth-order valence-corrected chi connectivity index (χ4v) is 1.79. The van der Waals surface area contributed by atoms with Crippen LogP contribution in [0.2, 0.25) is 0 Å². The van der Waals surface area contributed by atoms with Crippen LogP contribution in [0.1, 0.15) is 56.9 Å². The van der Waals surface area contributed by atoms with Crippen LogP contribution < -0.4 is 10.9 Å². The van der Waals surface area contributed by atoms with E-state index in [-0.39, 0.29) is 17.5 Å². The van der Waals surface area contributed by atoms with Gasteiger partial charge in [0.05, 0.1) is 0 Å². The van der Waals surface area contributed by atoms with Gasteiger partial charge in [0.15, 0.2) is 0 Å². The number of hydrogen-bond donors (Lipinski definition) is 1. The summed E-state index contributed by atoms with van der Waals surface area (Å²) in [4.78, 5) is 23.6. The summed E-state index contributed by atoms with van der Waals surface area (Å²) in [5, 5.41) is 7.04. The van der Waals surface area contributed by atoms with Crippen molar-refractivity contribution < 1.29 is 4.79 Å². The van der Waals surface area contributed by atoms with Crippen molar-refractivity contribution in [3.63, 3.8) is 0 Å². The fraction of sp³-hybridized carbons (Fsp3) is 0.643. The van der Waals surface area contributed by atoms with Crippen LogP contribution in [0.4, 0.5) is 0 Å². The number of hydrogen-bond acceptors (Lipinski definition) is 3. The van der Waals surface area contributed by atoms with Crippen molar-refractivity contribution >= 4 is 5.91 Å². The van der Waals surface area contributed by atoms with Gasteiger partial charge in [-0.2, -0.15) is 5.10 Å². The molecular weight excluding hydrogens is 242 g/mol. The molecule has 0 atom stereocenters. The lowest BCUT2D eigenvalue weighted by Gasteiger charge is -2.14. The molecule has 1 N–H and O–H groups in total. The van der Waals surface area contributed by atoms with E-state index in [0.29, 0.717) is 12.2 Å². The summed E-state index contributed by atoms with van der Waals surface area (Å²) in [6.07, 6.45) is 3.64. The molecule has 0 bridgehead atoms. The van der Waals surface area contributed by atoms with Gasteiger partial charge in [-0.15, -0.1) is 0 Å². The molecule has 19 heavy (non-hydrogen) atoms. The first-order valence-electron chi connectivity index (χ1n) is 7.01. The van der Waals surface area contributed by atoms with Gasteiger partial charge in [0, 0.05) is 18.7 Å². The molecule has 0 spiro atoms. The third-order valence-corrected chi connectivity index (χ3v) is 3.14. The second-order valence-electron chi connectivity index (χ2n) is 4.62. The molecule has 0 aromatic carbocycles. The number of nitrogens with one attached hydrogen (secondary N) is 1. The first-order chi connectivity index (χ1) is 9.12. The third kappa shape index (κ3) is 4.50. The van der Waals surface area contributed by atoms with E-state index >= 15 is 0 Å². The highest BCUT2D eigenvalue weighted by Gasteiger charge is 2.13. The van der Waals surface area contributed by atoms with Crippen LogP contribution in [0.25, 0.3) is 0 Å². The highest BCUT2D eigenvalue weighted by molar-refractivity contribution is 5.92. The van der Waals surface area contributed by atoms with Crippen LogP contribution in [0, 0.1) is 0 Å². The van der Waals surface area contributed by atoms with Crippen molar-refractivity contribution in [3.8, 4) is 0 Å². The molecule has 1 rings (SSSR count). The van der Waals surface area contributed by atoms with E-state index in [9.17, 15) is 9.59 Å². The van der Waals surface area contributed by atoms with Gasteiger partial charge in [0.1, 0.15) is 5.69 Å². The average Bonchev–Trinajstić information content (AvgIpc) is 2.43. The molecule has 5 heteroatoms. The molecule has 0 aliphatic carbocycles. The Hall–Kier alpha value is -1.65. The Kier molecular flexibility index (Phi) is 6.25. The summed E-state index contributed by atoms with van der Waals surface area (Å²) >= 11 is 0. The van der Waals surface area contributed by atoms with Crippen molar-refractivity contribution in [2.24, 2.45) is 0 Å². The van der Waals surface area contributed by atoms with E-state index in [1.165, 1.54) is 16.8 Å². The van der Waals surface area contributed by atoms with Crippen molar-refractivity contribution in [1.82, 2.24) is 15.1 Å². The van der Waals surface area contributed by atoms with Gasteiger partial charge in [0.2, 0.25) is 0 Å². The van der Waals surface area contributed by atoms with Crippen molar-refractivity contribution in [1.29, 1.82) is 0 Å². The SMILES string of the molecule is CCCCn1nc(C(=O)NC(CC)CC)ccc1=O. The molecule has 1 aromatic rings.